The lowest BCUT2D eigenvalue weighted by Gasteiger charge is -2.10. The Hall–Kier alpha value is -1.85. The molecule has 0 amide bonds. The molecule has 1 N–H and O–H groups in total. The molecule has 0 fully saturated rings. The van der Waals surface area contributed by atoms with Gasteiger partial charge in [-0.25, -0.2) is 8.78 Å². The van der Waals surface area contributed by atoms with E-state index in [1.54, 1.807) is 19.9 Å². The van der Waals surface area contributed by atoms with Crippen LogP contribution < -0.4 is 0 Å². The minimum atomic E-state index is -2.10. The number of alkyl halides is 2. The number of halogens is 2. The van der Waals surface area contributed by atoms with Gasteiger partial charge in [-0.05, 0) is 32.3 Å². The molecule has 4 nitrogen and oxygen atoms in total. The number of nitrogens with zero attached hydrogens (tertiary/aromatic N) is 1. The number of hydrogen-bond donors (Lipinski definition) is 1. The van der Waals surface area contributed by atoms with Crippen LogP contribution in [0.3, 0.4) is 0 Å². The topological polar surface area (TPSA) is 67.0 Å². The van der Waals surface area contributed by atoms with Crippen molar-refractivity contribution in [3.05, 3.63) is 38.9 Å². The van der Waals surface area contributed by atoms with Crippen LogP contribution in [0.15, 0.2) is 12.1 Å². The number of rotatable bonds is 6. The van der Waals surface area contributed by atoms with Gasteiger partial charge in [0, 0.05) is 29.3 Å². The Morgan fingerprint density at radius 1 is 1.10 bits per heavy atom. The highest BCUT2D eigenvalue weighted by atomic mass is 19.3. The van der Waals surface area contributed by atoms with E-state index in [1.807, 2.05) is 55.4 Å². The largest absolute Gasteiger partial charge is 0.305 e. The van der Waals surface area contributed by atoms with Crippen molar-refractivity contribution in [3.63, 3.8) is 0 Å². The molecule has 0 atom stereocenters. The van der Waals surface area contributed by atoms with Gasteiger partial charge in [0.2, 0.25) is 6.43 Å². The van der Waals surface area contributed by atoms with E-state index in [9.17, 15) is 18.9 Å². The zero-order valence-electron chi connectivity index (χ0n) is 19.6. The van der Waals surface area contributed by atoms with Crippen molar-refractivity contribution in [1.29, 1.82) is 5.41 Å². The van der Waals surface area contributed by atoms with Crippen LogP contribution in [-0.4, -0.2) is 17.1 Å². The summed E-state index contributed by atoms with van der Waals surface area (Å²) in [6.45, 7) is 19.2. The molecule has 0 radical (unpaired) electrons. The van der Waals surface area contributed by atoms with E-state index in [4.69, 9.17) is 5.41 Å². The molecule has 0 aromatic heterocycles. The lowest BCUT2D eigenvalue weighted by molar-refractivity contribution is -0.385. The summed E-state index contributed by atoms with van der Waals surface area (Å²) in [5.41, 5.74) is 2.77. The highest BCUT2D eigenvalue weighted by Crippen LogP contribution is 2.25. The van der Waals surface area contributed by atoms with Gasteiger partial charge in [-0.2, -0.15) is 0 Å². The van der Waals surface area contributed by atoms with E-state index in [0.29, 0.717) is 23.3 Å². The second-order valence-electron chi connectivity index (χ2n) is 5.01. The molecule has 0 aliphatic rings. The molecule has 0 saturated heterocycles. The number of benzene rings is 1. The first-order chi connectivity index (χ1) is 13.3. The van der Waals surface area contributed by atoms with Crippen molar-refractivity contribution in [1.82, 2.24) is 0 Å². The Balaban J connectivity index is -0.000000116. The quantitative estimate of drug-likeness (QED) is 0.283. The average molecular weight is 421 g/mol. The summed E-state index contributed by atoms with van der Waals surface area (Å²) in [6, 6.07) is 3.25. The first-order valence-electron chi connectivity index (χ1n) is 10.4. The summed E-state index contributed by atoms with van der Waals surface area (Å²) in [4.78, 5) is 10.3. The van der Waals surface area contributed by atoms with Gasteiger partial charge in [0.05, 0.1) is 4.92 Å². The van der Waals surface area contributed by atoms with Crippen molar-refractivity contribution in [3.8, 4) is 0 Å². The first kappa shape index (κ1) is 37.8. The summed E-state index contributed by atoms with van der Waals surface area (Å²) >= 11 is 0. The maximum absolute atomic E-state index is 11.2. The lowest BCUT2D eigenvalue weighted by Crippen LogP contribution is -2.05. The fourth-order valence-corrected chi connectivity index (χ4v) is 2.13. The summed E-state index contributed by atoms with van der Waals surface area (Å²) < 4.78 is 22.4. The van der Waals surface area contributed by atoms with Gasteiger partial charge >= 0.3 is 0 Å². The number of nitro benzene ring substituents is 1. The Kier molecular flexibility index (Phi) is 34.1. The monoisotopic (exact) mass is 420 g/mol. The fraction of sp³-hybridized carbons (Fsp3) is 0.696. The second kappa shape index (κ2) is 26.1. The van der Waals surface area contributed by atoms with Crippen LogP contribution in [-0.2, 0) is 6.42 Å². The maximum atomic E-state index is 11.2. The second-order valence-corrected chi connectivity index (χ2v) is 5.01. The van der Waals surface area contributed by atoms with E-state index in [2.05, 4.69) is 0 Å². The zero-order chi connectivity index (χ0) is 23.3. The summed E-state index contributed by atoms with van der Waals surface area (Å²) in [5.74, 6) is 0. The minimum Gasteiger partial charge on any atom is -0.305 e. The van der Waals surface area contributed by atoms with Gasteiger partial charge in [-0.15, -0.1) is 0 Å². The van der Waals surface area contributed by atoms with E-state index in [0.717, 1.165) is 18.4 Å². The third-order valence-corrected chi connectivity index (χ3v) is 3.25. The van der Waals surface area contributed by atoms with Crippen LogP contribution in [0.2, 0.25) is 0 Å². The van der Waals surface area contributed by atoms with Gasteiger partial charge in [0.1, 0.15) is 0 Å². The van der Waals surface area contributed by atoms with Crippen LogP contribution in [0.25, 0.3) is 0 Å². The predicted octanol–water partition coefficient (Wildman–Crippen LogP) is 9.01. The summed E-state index contributed by atoms with van der Waals surface area (Å²) in [5, 5.41) is 18.4. The van der Waals surface area contributed by atoms with Gasteiger partial charge in [-0.1, -0.05) is 75.3 Å². The smallest absolute Gasteiger partial charge is 0.272 e. The van der Waals surface area contributed by atoms with Gasteiger partial charge < -0.3 is 5.41 Å². The third-order valence-electron chi connectivity index (χ3n) is 3.25. The molecule has 174 valence electrons. The standard InChI is InChI=1S/C11H14N2O2.C5H10F2.3C2H6.CH4/c1-4-9-5-6-10(13(14)15)7(2)11(9)8(3)12;1-2-3-4-5(6)7;3*1-2;/h5-6,12H,4H2,1-3H3;5H,2-4H2,1H3;3*1-2H3;1H4. The highest BCUT2D eigenvalue weighted by Gasteiger charge is 2.17. The van der Waals surface area contributed by atoms with Crippen LogP contribution in [0, 0.1) is 22.4 Å². The number of nitrogens with one attached hydrogen (secondary N) is 1. The van der Waals surface area contributed by atoms with E-state index < -0.39 is 11.3 Å². The molecule has 0 aliphatic heterocycles. The van der Waals surface area contributed by atoms with Crippen molar-refractivity contribution < 1.29 is 13.7 Å². The van der Waals surface area contributed by atoms with Gasteiger partial charge in [0.15, 0.2) is 0 Å². The number of unbranched alkanes of at least 4 members (excludes halogenated alkanes) is 1. The van der Waals surface area contributed by atoms with Crippen molar-refractivity contribution in [2.45, 2.75) is 109 Å². The molecule has 0 saturated carbocycles. The molecule has 0 heterocycles. The highest BCUT2D eigenvalue weighted by molar-refractivity contribution is 5.99. The Bertz CT molecular complexity index is 520. The molecule has 0 spiro atoms. The van der Waals surface area contributed by atoms with Gasteiger partial charge in [-0.3, -0.25) is 10.1 Å². The predicted molar refractivity (Wildman–Crippen MR) is 126 cm³/mol. The Labute approximate surface area is 178 Å². The fourth-order valence-electron chi connectivity index (χ4n) is 2.13. The van der Waals surface area contributed by atoms with Crippen LogP contribution in [0.5, 0.6) is 0 Å². The van der Waals surface area contributed by atoms with Crippen LogP contribution >= 0.6 is 0 Å². The molecule has 1 aromatic carbocycles. The van der Waals surface area contributed by atoms with Crippen LogP contribution in [0.4, 0.5) is 14.5 Å². The number of aryl methyl sites for hydroxylation is 1. The Morgan fingerprint density at radius 3 is 1.79 bits per heavy atom. The maximum Gasteiger partial charge on any atom is 0.272 e. The van der Waals surface area contributed by atoms with Gasteiger partial charge in [0.25, 0.3) is 5.69 Å². The molecule has 0 bridgehead atoms. The zero-order valence-corrected chi connectivity index (χ0v) is 19.6. The lowest BCUT2D eigenvalue weighted by atomic mass is 9.95. The first-order valence-corrected chi connectivity index (χ1v) is 10.4. The number of hydrogen-bond acceptors (Lipinski definition) is 3. The third kappa shape index (κ3) is 17.9. The number of nitro groups is 1. The molecular formula is C23H46F2N2O2. The normalized spacial score (nSPS) is 8.31. The molecule has 0 aliphatic carbocycles. The van der Waals surface area contributed by atoms with Crippen molar-refractivity contribution >= 4 is 11.4 Å². The van der Waals surface area contributed by atoms with E-state index in [1.165, 1.54) is 6.07 Å². The van der Waals surface area contributed by atoms with E-state index >= 15 is 0 Å². The van der Waals surface area contributed by atoms with Crippen molar-refractivity contribution in [2.24, 2.45) is 0 Å². The molecule has 29 heavy (non-hydrogen) atoms. The molecular weight excluding hydrogens is 374 g/mol. The van der Waals surface area contributed by atoms with Crippen molar-refractivity contribution in [2.75, 3.05) is 0 Å². The van der Waals surface area contributed by atoms with E-state index in [-0.39, 0.29) is 19.5 Å². The van der Waals surface area contributed by atoms with Crippen LogP contribution in [0.1, 0.15) is 106 Å². The molecule has 1 aromatic rings. The summed E-state index contributed by atoms with van der Waals surface area (Å²) in [7, 11) is 0. The molecule has 6 heteroatoms. The molecule has 0 unspecified atom stereocenters. The SMILES string of the molecule is C.CC.CC.CC.CCCCC(F)F.CCc1ccc([N+](=O)[O-])c(C)c1C(C)=N. The summed E-state index contributed by atoms with van der Waals surface area (Å²) in [6.07, 6.45) is 0.267. The molecule has 1 rings (SSSR count). The Morgan fingerprint density at radius 2 is 1.55 bits per heavy atom. The average Bonchev–Trinajstić information content (AvgIpc) is 2.70. The minimum absolute atomic E-state index is 0.